The van der Waals surface area contributed by atoms with E-state index in [9.17, 15) is 8.42 Å². The maximum Gasteiger partial charge on any atom is 0.240 e. The summed E-state index contributed by atoms with van der Waals surface area (Å²) < 4.78 is 29.5. The summed E-state index contributed by atoms with van der Waals surface area (Å²) in [7, 11) is -3.47. The van der Waals surface area contributed by atoms with Gasteiger partial charge in [-0.15, -0.1) is 0 Å². The van der Waals surface area contributed by atoms with Crippen molar-refractivity contribution in [1.29, 1.82) is 0 Å². The molecule has 1 aliphatic rings. The van der Waals surface area contributed by atoms with E-state index in [1.54, 1.807) is 18.6 Å². The van der Waals surface area contributed by atoms with Crippen LogP contribution in [0.25, 0.3) is 0 Å². The van der Waals surface area contributed by atoms with Gasteiger partial charge in [0.2, 0.25) is 10.0 Å². The summed E-state index contributed by atoms with van der Waals surface area (Å²) in [5, 5.41) is 0. The van der Waals surface area contributed by atoms with Gasteiger partial charge in [0.25, 0.3) is 0 Å². The van der Waals surface area contributed by atoms with Crippen LogP contribution in [0.5, 0.6) is 0 Å². The molecule has 1 aliphatic carbocycles. The summed E-state index contributed by atoms with van der Waals surface area (Å²) in [6.07, 6.45) is 8.33. The van der Waals surface area contributed by atoms with Crippen molar-refractivity contribution in [1.82, 2.24) is 14.3 Å². The summed E-state index contributed by atoms with van der Waals surface area (Å²) in [5.74, 6) is 0. The fourth-order valence-corrected chi connectivity index (χ4v) is 4.08. The highest BCUT2D eigenvalue weighted by atomic mass is 32.2. The normalized spacial score (nSPS) is 15.9. The van der Waals surface area contributed by atoms with Gasteiger partial charge in [-0.3, -0.25) is 0 Å². The van der Waals surface area contributed by atoms with Crippen LogP contribution >= 0.6 is 0 Å². The van der Waals surface area contributed by atoms with Gasteiger partial charge < -0.3 is 4.57 Å². The topological polar surface area (TPSA) is 64.0 Å². The minimum Gasteiger partial charge on any atom is -0.336 e. The molecular weight excluding hydrogens is 286 g/mol. The van der Waals surface area contributed by atoms with Crippen molar-refractivity contribution in [3.63, 3.8) is 0 Å². The molecule has 0 saturated carbocycles. The van der Waals surface area contributed by atoms with E-state index in [1.807, 2.05) is 29.8 Å². The number of fused-ring (bicyclic) bond motifs is 1. The number of hydrogen-bond acceptors (Lipinski definition) is 3. The lowest BCUT2D eigenvalue weighted by molar-refractivity contribution is 0.520. The van der Waals surface area contributed by atoms with Crippen LogP contribution in [0.1, 0.15) is 24.5 Å². The summed E-state index contributed by atoms with van der Waals surface area (Å²) in [6, 6.07) is 5.26. The second-order valence-electron chi connectivity index (χ2n) is 5.57. The molecular formula is C15H19N3O2S. The number of hydrogen-bond donors (Lipinski definition) is 1. The third-order valence-corrected chi connectivity index (χ3v) is 5.37. The van der Waals surface area contributed by atoms with E-state index in [1.165, 1.54) is 11.1 Å². The van der Waals surface area contributed by atoms with Crippen molar-refractivity contribution in [3.8, 4) is 0 Å². The highest BCUT2D eigenvalue weighted by Gasteiger charge is 2.20. The fourth-order valence-electron chi connectivity index (χ4n) is 2.80. The SMILES string of the molecule is CC(Cn1ccnc1)NS(=O)(=O)c1ccc2c(c1)CCC2. The molecule has 21 heavy (non-hydrogen) atoms. The first kappa shape index (κ1) is 14.3. The Balaban J connectivity index is 1.74. The summed E-state index contributed by atoms with van der Waals surface area (Å²) >= 11 is 0. The van der Waals surface area contributed by atoms with Gasteiger partial charge in [-0.05, 0) is 49.4 Å². The Morgan fingerprint density at radius 1 is 1.33 bits per heavy atom. The predicted octanol–water partition coefficient (Wildman–Crippen LogP) is 1.74. The second kappa shape index (κ2) is 5.61. The number of sulfonamides is 1. The molecule has 0 saturated heterocycles. The second-order valence-corrected chi connectivity index (χ2v) is 7.28. The molecule has 0 fully saturated rings. The lowest BCUT2D eigenvalue weighted by Gasteiger charge is -2.15. The average Bonchev–Trinajstić information content (AvgIpc) is 3.07. The van der Waals surface area contributed by atoms with Gasteiger partial charge in [0.1, 0.15) is 0 Å². The van der Waals surface area contributed by atoms with Crippen LogP contribution < -0.4 is 4.72 Å². The smallest absolute Gasteiger partial charge is 0.240 e. The van der Waals surface area contributed by atoms with Crippen LogP contribution in [0.4, 0.5) is 0 Å². The van der Waals surface area contributed by atoms with Crippen LogP contribution in [0.2, 0.25) is 0 Å². The van der Waals surface area contributed by atoms with E-state index in [4.69, 9.17) is 0 Å². The molecule has 1 N–H and O–H groups in total. The maximum atomic E-state index is 12.4. The number of aryl methyl sites for hydroxylation is 2. The number of rotatable bonds is 5. The Morgan fingerprint density at radius 3 is 2.90 bits per heavy atom. The molecule has 1 atom stereocenters. The quantitative estimate of drug-likeness (QED) is 0.915. The van der Waals surface area contributed by atoms with Crippen molar-refractivity contribution < 1.29 is 8.42 Å². The van der Waals surface area contributed by atoms with Gasteiger partial charge >= 0.3 is 0 Å². The Hall–Kier alpha value is -1.66. The lowest BCUT2D eigenvalue weighted by Crippen LogP contribution is -2.35. The first-order valence-corrected chi connectivity index (χ1v) is 8.63. The molecule has 5 nitrogen and oxygen atoms in total. The van der Waals surface area contributed by atoms with Gasteiger partial charge in [0.15, 0.2) is 0 Å². The number of benzene rings is 1. The molecule has 1 heterocycles. The summed E-state index contributed by atoms with van der Waals surface area (Å²) in [5.41, 5.74) is 2.44. The summed E-state index contributed by atoms with van der Waals surface area (Å²) in [6.45, 7) is 2.41. The number of nitrogens with one attached hydrogen (secondary N) is 1. The molecule has 0 bridgehead atoms. The zero-order chi connectivity index (χ0) is 14.9. The molecule has 0 spiro atoms. The molecule has 112 valence electrons. The Morgan fingerprint density at radius 2 is 2.14 bits per heavy atom. The van der Waals surface area contributed by atoms with Crippen molar-refractivity contribution in [3.05, 3.63) is 48.0 Å². The third-order valence-electron chi connectivity index (χ3n) is 3.78. The predicted molar refractivity (Wildman–Crippen MR) is 80.5 cm³/mol. The van der Waals surface area contributed by atoms with Crippen molar-refractivity contribution in [2.45, 2.75) is 43.7 Å². The number of nitrogens with zero attached hydrogens (tertiary/aromatic N) is 2. The van der Waals surface area contributed by atoms with Crippen molar-refractivity contribution in [2.24, 2.45) is 0 Å². The largest absolute Gasteiger partial charge is 0.336 e. The maximum absolute atomic E-state index is 12.4. The van der Waals surface area contributed by atoms with E-state index in [-0.39, 0.29) is 6.04 Å². The molecule has 0 radical (unpaired) electrons. The van der Waals surface area contributed by atoms with Gasteiger partial charge in [0.05, 0.1) is 11.2 Å². The molecule has 1 aromatic heterocycles. The molecule has 6 heteroatoms. The first-order chi connectivity index (χ1) is 10.0. The lowest BCUT2D eigenvalue weighted by atomic mass is 10.1. The highest BCUT2D eigenvalue weighted by Crippen LogP contribution is 2.24. The molecule has 0 amide bonds. The fraction of sp³-hybridized carbons (Fsp3) is 0.400. The van der Waals surface area contributed by atoms with E-state index >= 15 is 0 Å². The van der Waals surface area contributed by atoms with E-state index in [0.29, 0.717) is 11.4 Å². The average molecular weight is 305 g/mol. The van der Waals surface area contributed by atoms with Gasteiger partial charge in [-0.1, -0.05) is 6.07 Å². The molecule has 1 aromatic carbocycles. The third kappa shape index (κ3) is 3.16. The zero-order valence-corrected chi connectivity index (χ0v) is 12.8. The minimum absolute atomic E-state index is 0.197. The van der Waals surface area contributed by atoms with E-state index < -0.39 is 10.0 Å². The van der Waals surface area contributed by atoms with Crippen LogP contribution in [-0.2, 0) is 29.4 Å². The van der Waals surface area contributed by atoms with Gasteiger partial charge in [-0.25, -0.2) is 18.1 Å². The molecule has 2 aromatic rings. The zero-order valence-electron chi connectivity index (χ0n) is 12.0. The minimum atomic E-state index is -3.47. The van der Waals surface area contributed by atoms with Crippen LogP contribution in [0, 0.1) is 0 Å². The molecule has 3 rings (SSSR count). The first-order valence-electron chi connectivity index (χ1n) is 7.14. The molecule has 0 aliphatic heterocycles. The summed E-state index contributed by atoms with van der Waals surface area (Å²) in [4.78, 5) is 4.32. The van der Waals surface area contributed by atoms with E-state index in [0.717, 1.165) is 19.3 Å². The van der Waals surface area contributed by atoms with Crippen LogP contribution in [0.15, 0.2) is 41.8 Å². The Labute approximate surface area is 125 Å². The number of imidazole rings is 1. The van der Waals surface area contributed by atoms with Gasteiger partial charge in [-0.2, -0.15) is 0 Å². The molecule has 1 unspecified atom stereocenters. The van der Waals surface area contributed by atoms with Crippen LogP contribution in [-0.4, -0.2) is 24.0 Å². The van der Waals surface area contributed by atoms with Gasteiger partial charge in [0, 0.05) is 25.0 Å². The van der Waals surface area contributed by atoms with Crippen LogP contribution in [0.3, 0.4) is 0 Å². The Kier molecular flexibility index (Phi) is 3.82. The highest BCUT2D eigenvalue weighted by molar-refractivity contribution is 7.89. The number of aromatic nitrogens is 2. The van der Waals surface area contributed by atoms with E-state index in [2.05, 4.69) is 9.71 Å². The standard InChI is InChI=1S/C15H19N3O2S/c1-12(10-18-8-7-16-11-18)17-21(19,20)15-6-5-13-3-2-4-14(13)9-15/h5-9,11-12,17H,2-4,10H2,1H3. The Bertz CT molecular complexity index is 723. The van der Waals surface area contributed by atoms with Crippen molar-refractivity contribution >= 4 is 10.0 Å². The van der Waals surface area contributed by atoms with Crippen molar-refractivity contribution in [2.75, 3.05) is 0 Å². The monoisotopic (exact) mass is 305 g/mol.